The first kappa shape index (κ1) is 17.1. The Morgan fingerprint density at radius 2 is 1.61 bits per heavy atom. The van der Waals surface area contributed by atoms with Crippen molar-refractivity contribution in [2.24, 2.45) is 0 Å². The SMILES string of the molecule is COc1cc(OC)c(OC)cc1CNC(=O)c1ccccc1Br. The monoisotopic (exact) mass is 379 g/mol. The number of rotatable bonds is 6. The Morgan fingerprint density at radius 3 is 2.22 bits per heavy atom. The molecule has 23 heavy (non-hydrogen) atoms. The van der Waals surface area contributed by atoms with E-state index in [2.05, 4.69) is 21.2 Å². The Morgan fingerprint density at radius 1 is 1.00 bits per heavy atom. The number of carbonyl (C=O) groups is 1. The summed E-state index contributed by atoms with van der Waals surface area (Å²) in [6.07, 6.45) is 0. The van der Waals surface area contributed by atoms with E-state index in [0.29, 0.717) is 29.4 Å². The molecular weight excluding hydrogens is 362 g/mol. The van der Waals surface area contributed by atoms with Crippen molar-refractivity contribution in [1.82, 2.24) is 5.32 Å². The van der Waals surface area contributed by atoms with Crippen LogP contribution in [0.5, 0.6) is 17.2 Å². The first-order chi connectivity index (χ1) is 11.1. The zero-order valence-corrected chi connectivity index (χ0v) is 14.8. The molecule has 5 nitrogen and oxygen atoms in total. The maximum atomic E-state index is 12.3. The predicted molar refractivity (Wildman–Crippen MR) is 91.4 cm³/mol. The zero-order chi connectivity index (χ0) is 16.8. The molecule has 0 atom stereocenters. The van der Waals surface area contributed by atoms with Crippen molar-refractivity contribution in [1.29, 1.82) is 0 Å². The Bertz CT molecular complexity index is 703. The van der Waals surface area contributed by atoms with E-state index in [0.717, 1.165) is 10.0 Å². The van der Waals surface area contributed by atoms with Crippen molar-refractivity contribution in [3.63, 3.8) is 0 Å². The first-order valence-electron chi connectivity index (χ1n) is 6.92. The van der Waals surface area contributed by atoms with Crippen LogP contribution >= 0.6 is 15.9 Å². The maximum Gasteiger partial charge on any atom is 0.252 e. The third-order valence-electron chi connectivity index (χ3n) is 3.34. The van der Waals surface area contributed by atoms with Crippen LogP contribution < -0.4 is 19.5 Å². The normalized spacial score (nSPS) is 10.1. The molecule has 1 amide bonds. The predicted octanol–water partition coefficient (Wildman–Crippen LogP) is 3.40. The molecule has 0 heterocycles. The van der Waals surface area contributed by atoms with Gasteiger partial charge >= 0.3 is 0 Å². The van der Waals surface area contributed by atoms with E-state index < -0.39 is 0 Å². The Balaban J connectivity index is 2.20. The van der Waals surface area contributed by atoms with Gasteiger partial charge in [-0.25, -0.2) is 0 Å². The number of halogens is 1. The molecule has 0 aliphatic rings. The fourth-order valence-corrected chi connectivity index (χ4v) is 2.61. The number of benzene rings is 2. The molecule has 0 aliphatic carbocycles. The van der Waals surface area contributed by atoms with Gasteiger partial charge in [0, 0.05) is 22.6 Å². The van der Waals surface area contributed by atoms with Gasteiger partial charge in [0.1, 0.15) is 5.75 Å². The fraction of sp³-hybridized carbons (Fsp3) is 0.235. The fourth-order valence-electron chi connectivity index (χ4n) is 2.15. The van der Waals surface area contributed by atoms with Gasteiger partial charge in [0.05, 0.1) is 26.9 Å². The number of hydrogen-bond donors (Lipinski definition) is 1. The van der Waals surface area contributed by atoms with E-state index in [1.807, 2.05) is 18.2 Å². The lowest BCUT2D eigenvalue weighted by molar-refractivity contribution is 0.0950. The van der Waals surface area contributed by atoms with Crippen LogP contribution in [0.25, 0.3) is 0 Å². The molecular formula is C17H18BrNO4. The molecule has 0 unspecified atom stereocenters. The van der Waals surface area contributed by atoms with Gasteiger partial charge < -0.3 is 19.5 Å². The highest BCUT2D eigenvalue weighted by atomic mass is 79.9. The molecule has 2 aromatic rings. The summed E-state index contributed by atoms with van der Waals surface area (Å²) < 4.78 is 16.6. The molecule has 0 spiro atoms. The summed E-state index contributed by atoms with van der Waals surface area (Å²) in [7, 11) is 4.69. The van der Waals surface area contributed by atoms with Gasteiger partial charge in [0.2, 0.25) is 0 Å². The van der Waals surface area contributed by atoms with Gasteiger partial charge in [-0.15, -0.1) is 0 Å². The number of methoxy groups -OCH3 is 3. The number of hydrogen-bond acceptors (Lipinski definition) is 4. The van der Waals surface area contributed by atoms with E-state index in [1.54, 1.807) is 39.5 Å². The smallest absolute Gasteiger partial charge is 0.252 e. The Kier molecular flexibility index (Phi) is 5.87. The maximum absolute atomic E-state index is 12.3. The minimum Gasteiger partial charge on any atom is -0.496 e. The first-order valence-corrected chi connectivity index (χ1v) is 7.71. The molecule has 1 N–H and O–H groups in total. The second kappa shape index (κ2) is 7.87. The standard InChI is InChI=1S/C17H18BrNO4/c1-21-14-9-16(23-3)15(22-2)8-11(14)10-19-17(20)12-6-4-5-7-13(12)18/h4-9H,10H2,1-3H3,(H,19,20). The van der Waals surface area contributed by atoms with Crippen LogP contribution in [0.4, 0.5) is 0 Å². The number of carbonyl (C=O) groups excluding carboxylic acids is 1. The molecule has 0 radical (unpaired) electrons. The van der Waals surface area contributed by atoms with E-state index in [4.69, 9.17) is 14.2 Å². The lowest BCUT2D eigenvalue weighted by atomic mass is 10.1. The zero-order valence-electron chi connectivity index (χ0n) is 13.2. The second-order valence-electron chi connectivity index (χ2n) is 4.68. The molecule has 0 aromatic heterocycles. The molecule has 0 fully saturated rings. The summed E-state index contributed by atoms with van der Waals surface area (Å²) in [6.45, 7) is 0.309. The van der Waals surface area contributed by atoms with Crippen LogP contribution in [0.3, 0.4) is 0 Å². The van der Waals surface area contributed by atoms with Crippen LogP contribution in [0, 0.1) is 0 Å². The lowest BCUT2D eigenvalue weighted by Gasteiger charge is -2.14. The van der Waals surface area contributed by atoms with Crippen molar-refractivity contribution in [2.45, 2.75) is 6.54 Å². The summed E-state index contributed by atoms with van der Waals surface area (Å²) in [6, 6.07) is 10.8. The summed E-state index contributed by atoms with van der Waals surface area (Å²) in [5.41, 5.74) is 1.37. The summed E-state index contributed by atoms with van der Waals surface area (Å²) >= 11 is 3.37. The van der Waals surface area contributed by atoms with Crippen LogP contribution in [0.2, 0.25) is 0 Å². The van der Waals surface area contributed by atoms with Crippen molar-refractivity contribution >= 4 is 21.8 Å². The highest BCUT2D eigenvalue weighted by Gasteiger charge is 2.14. The van der Waals surface area contributed by atoms with Crippen LogP contribution in [0.15, 0.2) is 40.9 Å². The van der Waals surface area contributed by atoms with Gasteiger partial charge in [0.15, 0.2) is 11.5 Å². The molecule has 0 saturated heterocycles. The average Bonchev–Trinajstić information content (AvgIpc) is 2.59. The largest absolute Gasteiger partial charge is 0.496 e. The lowest BCUT2D eigenvalue weighted by Crippen LogP contribution is -2.23. The second-order valence-corrected chi connectivity index (χ2v) is 5.54. The van der Waals surface area contributed by atoms with Crippen molar-refractivity contribution in [3.8, 4) is 17.2 Å². The molecule has 6 heteroatoms. The number of nitrogens with one attached hydrogen (secondary N) is 1. The van der Waals surface area contributed by atoms with Crippen molar-refractivity contribution < 1.29 is 19.0 Å². The van der Waals surface area contributed by atoms with Crippen molar-refractivity contribution in [3.05, 3.63) is 52.0 Å². The van der Waals surface area contributed by atoms with Gasteiger partial charge in [-0.05, 0) is 34.1 Å². The number of amides is 1. The highest BCUT2D eigenvalue weighted by molar-refractivity contribution is 9.10. The minimum atomic E-state index is -0.172. The topological polar surface area (TPSA) is 56.8 Å². The van der Waals surface area contributed by atoms with Crippen LogP contribution in [-0.4, -0.2) is 27.2 Å². The molecule has 2 aromatic carbocycles. The quantitative estimate of drug-likeness (QED) is 0.835. The van der Waals surface area contributed by atoms with Gasteiger partial charge in [-0.1, -0.05) is 12.1 Å². The van der Waals surface area contributed by atoms with Gasteiger partial charge in [-0.3, -0.25) is 4.79 Å². The molecule has 0 aliphatic heterocycles. The summed E-state index contributed by atoms with van der Waals surface area (Å²) in [5, 5.41) is 2.87. The molecule has 122 valence electrons. The van der Waals surface area contributed by atoms with E-state index >= 15 is 0 Å². The molecule has 0 bridgehead atoms. The Labute approximate surface area is 143 Å². The molecule has 0 saturated carbocycles. The average molecular weight is 380 g/mol. The third-order valence-corrected chi connectivity index (χ3v) is 4.04. The van der Waals surface area contributed by atoms with E-state index in [9.17, 15) is 4.79 Å². The molecule has 2 rings (SSSR count). The van der Waals surface area contributed by atoms with Crippen LogP contribution in [0.1, 0.15) is 15.9 Å². The van der Waals surface area contributed by atoms with Crippen LogP contribution in [-0.2, 0) is 6.54 Å². The summed E-state index contributed by atoms with van der Waals surface area (Å²) in [5.74, 6) is 1.60. The van der Waals surface area contributed by atoms with E-state index in [-0.39, 0.29) is 5.91 Å². The minimum absolute atomic E-state index is 0.172. The van der Waals surface area contributed by atoms with Crippen molar-refractivity contribution in [2.75, 3.05) is 21.3 Å². The highest BCUT2D eigenvalue weighted by Crippen LogP contribution is 2.34. The third kappa shape index (κ3) is 3.96. The van der Waals surface area contributed by atoms with Gasteiger partial charge in [0.25, 0.3) is 5.91 Å². The Hall–Kier alpha value is -2.21. The van der Waals surface area contributed by atoms with Gasteiger partial charge in [-0.2, -0.15) is 0 Å². The van der Waals surface area contributed by atoms with E-state index in [1.165, 1.54) is 0 Å². The number of ether oxygens (including phenoxy) is 3. The summed E-state index contributed by atoms with van der Waals surface area (Å²) in [4.78, 5) is 12.3.